The highest BCUT2D eigenvalue weighted by atomic mass is 19.4. The fourth-order valence-electron chi connectivity index (χ4n) is 1.54. The van der Waals surface area contributed by atoms with Gasteiger partial charge in [0.15, 0.2) is 0 Å². The zero-order valence-corrected chi connectivity index (χ0v) is 10.3. The number of nitrogens with zero attached hydrogens (tertiary/aromatic N) is 2. The molecule has 0 fully saturated rings. The summed E-state index contributed by atoms with van der Waals surface area (Å²) in [6, 6.07) is 3.05. The number of carboxylic acid groups (broad SMARTS) is 1. The van der Waals surface area contributed by atoms with Crippen molar-refractivity contribution < 1.29 is 28.0 Å². The molecule has 0 radical (unpaired) electrons. The topological polar surface area (TPSA) is 83.7 Å². The Labute approximate surface area is 111 Å². The van der Waals surface area contributed by atoms with E-state index in [-0.39, 0.29) is 11.3 Å². The number of halogens is 3. The lowest BCUT2D eigenvalue weighted by molar-refractivity contribution is -0.384. The lowest BCUT2D eigenvalue weighted by Crippen LogP contribution is -2.24. The van der Waals surface area contributed by atoms with Crippen LogP contribution >= 0.6 is 0 Å². The highest BCUT2D eigenvalue weighted by molar-refractivity contribution is 5.89. The molecule has 0 aliphatic heterocycles. The minimum atomic E-state index is -4.37. The van der Waals surface area contributed by atoms with Crippen molar-refractivity contribution in [1.82, 2.24) is 0 Å². The third kappa shape index (κ3) is 4.11. The van der Waals surface area contributed by atoms with Gasteiger partial charge in [-0.15, -0.1) is 0 Å². The van der Waals surface area contributed by atoms with E-state index in [0.29, 0.717) is 0 Å². The fourth-order valence-corrected chi connectivity index (χ4v) is 1.54. The maximum atomic E-state index is 12.1. The second-order valence-electron chi connectivity index (χ2n) is 4.05. The first kappa shape index (κ1) is 15.7. The molecule has 0 aromatic heterocycles. The maximum Gasteiger partial charge on any atom is 0.390 e. The molecule has 0 saturated carbocycles. The van der Waals surface area contributed by atoms with Gasteiger partial charge in [0.25, 0.3) is 5.69 Å². The van der Waals surface area contributed by atoms with Crippen LogP contribution in [0.2, 0.25) is 0 Å². The van der Waals surface area contributed by atoms with Crippen LogP contribution in [0.15, 0.2) is 18.2 Å². The van der Waals surface area contributed by atoms with Crippen LogP contribution in [0.3, 0.4) is 0 Å². The Morgan fingerprint density at radius 3 is 2.50 bits per heavy atom. The van der Waals surface area contributed by atoms with Gasteiger partial charge < -0.3 is 10.0 Å². The normalized spacial score (nSPS) is 11.2. The van der Waals surface area contributed by atoms with Crippen LogP contribution in [0, 0.1) is 10.1 Å². The molecule has 6 nitrogen and oxygen atoms in total. The average molecular weight is 292 g/mol. The minimum Gasteiger partial charge on any atom is -0.478 e. The number of hydrogen-bond donors (Lipinski definition) is 1. The molecule has 0 unspecified atom stereocenters. The van der Waals surface area contributed by atoms with Gasteiger partial charge in [0.05, 0.1) is 16.9 Å². The number of hydrogen-bond acceptors (Lipinski definition) is 4. The quantitative estimate of drug-likeness (QED) is 0.666. The molecule has 0 spiro atoms. The monoisotopic (exact) mass is 292 g/mol. The predicted octanol–water partition coefficient (Wildman–Crippen LogP) is 2.68. The van der Waals surface area contributed by atoms with E-state index in [0.717, 1.165) is 23.1 Å². The van der Waals surface area contributed by atoms with Crippen molar-refractivity contribution >= 4 is 17.3 Å². The lowest BCUT2D eigenvalue weighted by Gasteiger charge is -2.20. The molecule has 110 valence electrons. The predicted molar refractivity (Wildman–Crippen MR) is 64.0 cm³/mol. The Morgan fingerprint density at radius 2 is 2.05 bits per heavy atom. The summed E-state index contributed by atoms with van der Waals surface area (Å²) in [6.07, 6.45) is -5.49. The Bertz CT molecular complexity index is 531. The molecule has 20 heavy (non-hydrogen) atoms. The molecule has 1 N–H and O–H groups in total. The van der Waals surface area contributed by atoms with Gasteiger partial charge in [-0.05, 0) is 12.1 Å². The summed E-state index contributed by atoms with van der Waals surface area (Å²) in [5.74, 6) is -1.35. The van der Waals surface area contributed by atoms with E-state index in [2.05, 4.69) is 0 Å². The van der Waals surface area contributed by atoms with E-state index in [1.165, 1.54) is 7.05 Å². The van der Waals surface area contributed by atoms with Crippen molar-refractivity contribution in [3.63, 3.8) is 0 Å². The van der Waals surface area contributed by atoms with Crippen molar-refractivity contribution in [2.45, 2.75) is 12.6 Å². The van der Waals surface area contributed by atoms with Gasteiger partial charge in [-0.25, -0.2) is 4.79 Å². The van der Waals surface area contributed by atoms with Gasteiger partial charge in [0.1, 0.15) is 5.69 Å². The number of anilines is 1. The minimum absolute atomic E-state index is 0.0655. The molecule has 0 bridgehead atoms. The second-order valence-corrected chi connectivity index (χ2v) is 4.05. The first-order chi connectivity index (χ1) is 9.11. The second kappa shape index (κ2) is 5.76. The highest BCUT2D eigenvalue weighted by Crippen LogP contribution is 2.30. The van der Waals surface area contributed by atoms with Crippen LogP contribution < -0.4 is 4.90 Å². The Kier molecular flexibility index (Phi) is 4.53. The van der Waals surface area contributed by atoms with Gasteiger partial charge in [-0.2, -0.15) is 13.2 Å². The van der Waals surface area contributed by atoms with Crippen LogP contribution in [0.5, 0.6) is 0 Å². The van der Waals surface area contributed by atoms with E-state index in [1.807, 2.05) is 0 Å². The standard InChI is InChI=1S/C11H11F3N2O4/c1-15(5-4-11(12,13)14)8-3-2-7(10(17)18)6-9(8)16(19)20/h2-3,6H,4-5H2,1H3,(H,17,18). The lowest BCUT2D eigenvalue weighted by atomic mass is 10.1. The molecule has 9 heteroatoms. The van der Waals surface area contributed by atoms with Gasteiger partial charge in [-0.1, -0.05) is 0 Å². The molecule has 1 rings (SSSR count). The number of nitro groups is 1. The first-order valence-electron chi connectivity index (χ1n) is 5.41. The van der Waals surface area contributed by atoms with Gasteiger partial charge in [-0.3, -0.25) is 10.1 Å². The fraction of sp³-hybridized carbons (Fsp3) is 0.364. The van der Waals surface area contributed by atoms with Crippen molar-refractivity contribution in [3.05, 3.63) is 33.9 Å². The summed E-state index contributed by atoms with van der Waals surface area (Å²) in [4.78, 5) is 21.8. The summed E-state index contributed by atoms with van der Waals surface area (Å²) in [6.45, 7) is -0.462. The molecule has 0 amide bonds. The van der Waals surface area contributed by atoms with E-state index in [4.69, 9.17) is 5.11 Å². The molecule has 0 aliphatic rings. The van der Waals surface area contributed by atoms with Crippen LogP contribution in [-0.2, 0) is 0 Å². The first-order valence-corrected chi connectivity index (χ1v) is 5.41. The van der Waals surface area contributed by atoms with Crippen LogP contribution in [0.1, 0.15) is 16.8 Å². The summed E-state index contributed by atoms with van der Waals surface area (Å²) in [7, 11) is 1.27. The number of benzene rings is 1. The largest absolute Gasteiger partial charge is 0.478 e. The van der Waals surface area contributed by atoms with Gasteiger partial charge in [0, 0.05) is 19.7 Å². The van der Waals surface area contributed by atoms with E-state index < -0.39 is 35.7 Å². The SMILES string of the molecule is CN(CCC(F)(F)F)c1ccc(C(=O)O)cc1[N+](=O)[O-]. The molecular weight excluding hydrogens is 281 g/mol. The van der Waals surface area contributed by atoms with Crippen LogP contribution in [0.4, 0.5) is 24.5 Å². The molecule has 0 aliphatic carbocycles. The Balaban J connectivity index is 3.05. The number of carbonyl (C=O) groups is 1. The summed E-state index contributed by atoms with van der Waals surface area (Å²) >= 11 is 0. The van der Waals surface area contributed by atoms with Gasteiger partial charge in [0.2, 0.25) is 0 Å². The van der Waals surface area contributed by atoms with E-state index in [9.17, 15) is 28.1 Å². The number of alkyl halides is 3. The summed E-state index contributed by atoms with van der Waals surface area (Å²) < 4.78 is 36.4. The third-order valence-corrected chi connectivity index (χ3v) is 2.56. The number of carboxylic acids is 1. The zero-order valence-electron chi connectivity index (χ0n) is 10.3. The highest BCUT2D eigenvalue weighted by Gasteiger charge is 2.28. The number of rotatable bonds is 5. The van der Waals surface area contributed by atoms with Crippen LogP contribution in [-0.4, -0.2) is 35.8 Å². The third-order valence-electron chi connectivity index (χ3n) is 2.56. The summed E-state index contributed by atoms with van der Waals surface area (Å²) in [5, 5.41) is 19.6. The van der Waals surface area contributed by atoms with E-state index >= 15 is 0 Å². The van der Waals surface area contributed by atoms with E-state index in [1.54, 1.807) is 0 Å². The summed E-state index contributed by atoms with van der Waals surface area (Å²) in [5.41, 5.74) is -0.913. The molecule has 1 aromatic rings. The Morgan fingerprint density at radius 1 is 1.45 bits per heavy atom. The molecular formula is C11H11F3N2O4. The molecule has 0 heterocycles. The maximum absolute atomic E-state index is 12.1. The molecule has 1 aromatic carbocycles. The number of nitro benzene ring substituents is 1. The van der Waals surface area contributed by atoms with Gasteiger partial charge >= 0.3 is 12.1 Å². The zero-order chi connectivity index (χ0) is 15.5. The van der Waals surface area contributed by atoms with Crippen LogP contribution in [0.25, 0.3) is 0 Å². The molecule has 0 atom stereocenters. The average Bonchev–Trinajstić information content (AvgIpc) is 2.34. The smallest absolute Gasteiger partial charge is 0.390 e. The van der Waals surface area contributed by atoms with Crippen molar-refractivity contribution in [2.75, 3.05) is 18.5 Å². The van der Waals surface area contributed by atoms with Crippen molar-refractivity contribution in [2.24, 2.45) is 0 Å². The van der Waals surface area contributed by atoms with Crippen molar-refractivity contribution in [1.29, 1.82) is 0 Å². The number of aromatic carboxylic acids is 1. The molecule has 0 saturated heterocycles. The van der Waals surface area contributed by atoms with Crippen molar-refractivity contribution in [3.8, 4) is 0 Å². The Hall–Kier alpha value is -2.32.